The van der Waals surface area contributed by atoms with Gasteiger partial charge in [0, 0.05) is 12.0 Å². The van der Waals surface area contributed by atoms with Crippen molar-refractivity contribution in [3.05, 3.63) is 58.7 Å². The average molecular weight is 286 g/mol. The zero-order valence-corrected chi connectivity index (χ0v) is 12.3. The van der Waals surface area contributed by atoms with Crippen LogP contribution in [0.5, 0.6) is 0 Å². The minimum absolute atomic E-state index is 0.0311. The molecule has 0 atom stereocenters. The highest BCUT2D eigenvalue weighted by Gasteiger charge is 2.32. The summed E-state index contributed by atoms with van der Waals surface area (Å²) in [6.45, 7) is 5.00. The van der Waals surface area contributed by atoms with Gasteiger partial charge in [-0.05, 0) is 35.7 Å². The van der Waals surface area contributed by atoms with E-state index in [0.717, 1.165) is 29.1 Å². The van der Waals surface area contributed by atoms with E-state index >= 15 is 0 Å². The van der Waals surface area contributed by atoms with Crippen LogP contribution in [0.2, 0.25) is 0 Å². The van der Waals surface area contributed by atoms with E-state index in [1.165, 1.54) is 12.1 Å². The van der Waals surface area contributed by atoms with Crippen molar-refractivity contribution >= 4 is 5.69 Å². The average Bonchev–Trinajstić information content (AvgIpc) is 2.73. The summed E-state index contributed by atoms with van der Waals surface area (Å²) in [4.78, 5) is 4.64. The maximum absolute atomic E-state index is 13.3. The van der Waals surface area contributed by atoms with Crippen LogP contribution < -0.4 is 5.32 Å². The predicted octanol–water partition coefficient (Wildman–Crippen LogP) is 3.01. The summed E-state index contributed by atoms with van der Waals surface area (Å²) in [5.74, 6) is -0.244. The Balaban J connectivity index is 2.00. The molecular weight excluding hydrogens is 267 g/mol. The number of fused-ring (bicyclic) bond motifs is 1. The Labute approximate surface area is 123 Å². The van der Waals surface area contributed by atoms with E-state index in [1.807, 2.05) is 12.1 Å². The lowest BCUT2D eigenvalue weighted by molar-refractivity contribution is 0.275. The number of aliphatic hydroxyl groups is 1. The van der Waals surface area contributed by atoms with Crippen LogP contribution in [-0.4, -0.2) is 16.6 Å². The molecule has 2 aromatic rings. The molecule has 1 aliphatic heterocycles. The molecule has 21 heavy (non-hydrogen) atoms. The largest absolute Gasteiger partial charge is 0.390 e. The Kier molecular flexibility index (Phi) is 3.41. The van der Waals surface area contributed by atoms with Crippen molar-refractivity contribution < 1.29 is 9.50 Å². The monoisotopic (exact) mass is 286 g/mol. The van der Waals surface area contributed by atoms with E-state index in [9.17, 15) is 9.50 Å². The molecule has 0 bridgehead atoms. The molecule has 2 N–H and O–H groups in total. The maximum atomic E-state index is 13.3. The second-order valence-corrected chi connectivity index (χ2v) is 6.19. The molecule has 0 spiro atoms. The predicted molar refractivity (Wildman–Crippen MR) is 80.9 cm³/mol. The molecular formula is C17H19FN2O. The summed E-state index contributed by atoms with van der Waals surface area (Å²) in [5, 5.41) is 13.0. The third-order valence-electron chi connectivity index (χ3n) is 3.99. The minimum atomic E-state index is -0.244. The Morgan fingerprint density at radius 3 is 2.86 bits per heavy atom. The SMILES string of the molecule is CC1(C)CNc2cc(Cc3cccc(F)c3)c(CO)nc21. The molecule has 0 radical (unpaired) electrons. The van der Waals surface area contributed by atoms with Crippen molar-refractivity contribution in [2.45, 2.75) is 32.3 Å². The lowest BCUT2D eigenvalue weighted by Gasteiger charge is -2.17. The molecule has 1 aromatic heterocycles. The Morgan fingerprint density at radius 1 is 1.33 bits per heavy atom. The van der Waals surface area contributed by atoms with Crippen LogP contribution >= 0.6 is 0 Å². The maximum Gasteiger partial charge on any atom is 0.123 e. The van der Waals surface area contributed by atoms with Gasteiger partial charge < -0.3 is 10.4 Å². The number of aliphatic hydroxyl groups excluding tert-OH is 1. The van der Waals surface area contributed by atoms with Crippen LogP contribution in [-0.2, 0) is 18.4 Å². The highest BCUT2D eigenvalue weighted by molar-refractivity contribution is 5.59. The minimum Gasteiger partial charge on any atom is -0.390 e. The lowest BCUT2D eigenvalue weighted by Crippen LogP contribution is -2.20. The molecule has 0 unspecified atom stereocenters. The van der Waals surface area contributed by atoms with Gasteiger partial charge in [0.1, 0.15) is 5.82 Å². The normalized spacial score (nSPS) is 15.6. The van der Waals surface area contributed by atoms with Gasteiger partial charge in [-0.15, -0.1) is 0 Å². The Bertz CT molecular complexity index is 682. The summed E-state index contributed by atoms with van der Waals surface area (Å²) in [7, 11) is 0. The fourth-order valence-corrected chi connectivity index (χ4v) is 2.80. The highest BCUT2D eigenvalue weighted by atomic mass is 19.1. The number of anilines is 1. The van der Waals surface area contributed by atoms with Crippen LogP contribution in [0.1, 0.15) is 36.4 Å². The number of pyridine rings is 1. The molecule has 3 rings (SSSR count). The first-order valence-electron chi connectivity index (χ1n) is 7.12. The quantitative estimate of drug-likeness (QED) is 0.911. The van der Waals surface area contributed by atoms with Crippen molar-refractivity contribution in [2.75, 3.05) is 11.9 Å². The topological polar surface area (TPSA) is 45.1 Å². The fraction of sp³-hybridized carbons (Fsp3) is 0.353. The van der Waals surface area contributed by atoms with Gasteiger partial charge in [-0.25, -0.2) is 4.39 Å². The van der Waals surface area contributed by atoms with Crippen LogP contribution in [0.4, 0.5) is 10.1 Å². The second-order valence-electron chi connectivity index (χ2n) is 6.19. The number of aromatic nitrogens is 1. The molecule has 0 fully saturated rings. The molecule has 2 heterocycles. The Hall–Kier alpha value is -1.94. The zero-order chi connectivity index (χ0) is 15.0. The number of benzene rings is 1. The second kappa shape index (κ2) is 5.11. The molecule has 3 nitrogen and oxygen atoms in total. The van der Waals surface area contributed by atoms with Crippen LogP contribution in [0.15, 0.2) is 30.3 Å². The van der Waals surface area contributed by atoms with Crippen LogP contribution in [0, 0.1) is 5.82 Å². The van der Waals surface area contributed by atoms with Crippen LogP contribution in [0.3, 0.4) is 0 Å². The van der Waals surface area contributed by atoms with E-state index in [1.54, 1.807) is 6.07 Å². The van der Waals surface area contributed by atoms with E-state index < -0.39 is 0 Å². The molecule has 0 saturated heterocycles. The molecule has 110 valence electrons. The van der Waals surface area contributed by atoms with Crippen molar-refractivity contribution in [2.24, 2.45) is 0 Å². The van der Waals surface area contributed by atoms with Crippen molar-refractivity contribution in [1.82, 2.24) is 4.98 Å². The van der Waals surface area contributed by atoms with Gasteiger partial charge in [0.25, 0.3) is 0 Å². The molecule has 1 aliphatic rings. The number of nitrogens with zero attached hydrogens (tertiary/aromatic N) is 1. The van der Waals surface area contributed by atoms with E-state index in [0.29, 0.717) is 12.1 Å². The lowest BCUT2D eigenvalue weighted by atomic mass is 9.90. The summed E-state index contributed by atoms with van der Waals surface area (Å²) < 4.78 is 13.3. The van der Waals surface area contributed by atoms with Gasteiger partial charge in [0.05, 0.1) is 23.7 Å². The number of rotatable bonds is 3. The molecule has 1 aromatic carbocycles. The Morgan fingerprint density at radius 2 is 2.14 bits per heavy atom. The standard InChI is InChI=1S/C17H19FN2O/c1-17(2)10-19-14-8-12(15(9-21)20-16(14)17)6-11-4-3-5-13(18)7-11/h3-5,7-8,19,21H,6,9-10H2,1-2H3. The molecule has 0 saturated carbocycles. The van der Waals surface area contributed by atoms with Gasteiger partial charge in [-0.2, -0.15) is 0 Å². The van der Waals surface area contributed by atoms with E-state index in [-0.39, 0.29) is 17.8 Å². The van der Waals surface area contributed by atoms with Gasteiger partial charge in [0.2, 0.25) is 0 Å². The third kappa shape index (κ3) is 2.63. The fourth-order valence-electron chi connectivity index (χ4n) is 2.80. The summed E-state index contributed by atoms with van der Waals surface area (Å²) >= 11 is 0. The first-order chi connectivity index (χ1) is 9.99. The number of hydrogen-bond acceptors (Lipinski definition) is 3. The zero-order valence-electron chi connectivity index (χ0n) is 12.3. The molecule has 0 aliphatic carbocycles. The van der Waals surface area contributed by atoms with Crippen molar-refractivity contribution in [3.8, 4) is 0 Å². The number of nitrogens with one attached hydrogen (secondary N) is 1. The summed E-state index contributed by atoms with van der Waals surface area (Å²) in [6.07, 6.45) is 0.566. The van der Waals surface area contributed by atoms with Gasteiger partial charge in [0.15, 0.2) is 0 Å². The van der Waals surface area contributed by atoms with Gasteiger partial charge in [-0.3, -0.25) is 4.98 Å². The van der Waals surface area contributed by atoms with Gasteiger partial charge >= 0.3 is 0 Å². The first-order valence-corrected chi connectivity index (χ1v) is 7.12. The van der Waals surface area contributed by atoms with Crippen molar-refractivity contribution in [1.29, 1.82) is 0 Å². The molecule has 4 heteroatoms. The van der Waals surface area contributed by atoms with E-state index in [4.69, 9.17) is 0 Å². The number of hydrogen-bond donors (Lipinski definition) is 2. The smallest absolute Gasteiger partial charge is 0.123 e. The van der Waals surface area contributed by atoms with Crippen molar-refractivity contribution in [3.63, 3.8) is 0 Å². The highest BCUT2D eigenvalue weighted by Crippen LogP contribution is 2.36. The third-order valence-corrected chi connectivity index (χ3v) is 3.99. The van der Waals surface area contributed by atoms with Gasteiger partial charge in [-0.1, -0.05) is 26.0 Å². The summed E-state index contributed by atoms with van der Waals surface area (Å²) in [5.41, 5.74) is 4.47. The number of halogens is 1. The van der Waals surface area contributed by atoms with E-state index in [2.05, 4.69) is 24.1 Å². The van der Waals surface area contributed by atoms with Crippen LogP contribution in [0.25, 0.3) is 0 Å². The molecule has 0 amide bonds. The summed E-state index contributed by atoms with van der Waals surface area (Å²) in [6, 6.07) is 8.57. The first kappa shape index (κ1) is 14.0.